The molecule has 2 aromatic rings. The third-order valence-corrected chi connectivity index (χ3v) is 2.92. The van der Waals surface area contributed by atoms with Crippen LogP contribution in [-0.2, 0) is 0 Å². The maximum absolute atomic E-state index is 10.7. The van der Waals surface area contributed by atoms with Gasteiger partial charge >= 0.3 is 0 Å². The fraction of sp³-hybridized carbons (Fsp3) is 0. The molecule has 0 aliphatic carbocycles. The van der Waals surface area contributed by atoms with Gasteiger partial charge in [-0.15, -0.1) is 0 Å². The number of nitro groups is 1. The van der Waals surface area contributed by atoms with Crippen molar-refractivity contribution >= 4 is 52.0 Å². The Bertz CT molecular complexity index is 649. The normalized spacial score (nSPS) is 10.3. The van der Waals surface area contributed by atoms with Gasteiger partial charge in [-0.3, -0.25) is 10.1 Å². The maximum atomic E-state index is 10.7. The predicted molar refractivity (Wildman–Crippen MR) is 75.6 cm³/mol. The quantitative estimate of drug-likeness (QED) is 0.506. The number of hydrogen-bond acceptors (Lipinski definition) is 4. The fourth-order valence-corrected chi connectivity index (χ4v) is 2.04. The standard InChI is InChI=1S/C11H6Cl3N3O2/c12-6-1-2-9(8(13)3-6)15-11-5-7(17(18)19)4-10(14)16-11/h1-5H,(H,15,16). The van der Waals surface area contributed by atoms with Gasteiger partial charge in [0.2, 0.25) is 0 Å². The molecule has 0 radical (unpaired) electrons. The van der Waals surface area contributed by atoms with Crippen molar-refractivity contribution in [2.24, 2.45) is 0 Å². The molecule has 0 fully saturated rings. The van der Waals surface area contributed by atoms with Crippen molar-refractivity contribution in [1.29, 1.82) is 0 Å². The molecule has 1 heterocycles. The van der Waals surface area contributed by atoms with E-state index in [2.05, 4.69) is 10.3 Å². The largest absolute Gasteiger partial charge is 0.339 e. The van der Waals surface area contributed by atoms with Crippen molar-refractivity contribution in [3.05, 3.63) is 55.6 Å². The molecule has 1 aromatic heterocycles. The summed E-state index contributed by atoms with van der Waals surface area (Å²) in [5, 5.41) is 14.4. The third kappa shape index (κ3) is 3.47. The Kier molecular flexibility index (Phi) is 4.09. The third-order valence-electron chi connectivity index (χ3n) is 2.18. The molecule has 0 bridgehead atoms. The van der Waals surface area contributed by atoms with E-state index in [9.17, 15) is 10.1 Å². The summed E-state index contributed by atoms with van der Waals surface area (Å²) < 4.78 is 0. The molecule has 0 amide bonds. The fourth-order valence-electron chi connectivity index (χ4n) is 1.38. The molecular formula is C11H6Cl3N3O2. The topological polar surface area (TPSA) is 68.1 Å². The summed E-state index contributed by atoms with van der Waals surface area (Å²) in [7, 11) is 0. The lowest BCUT2D eigenvalue weighted by Gasteiger charge is -2.08. The molecule has 0 saturated carbocycles. The molecule has 0 saturated heterocycles. The Morgan fingerprint density at radius 1 is 1.16 bits per heavy atom. The average molecular weight is 319 g/mol. The van der Waals surface area contributed by atoms with Crippen LogP contribution in [0.5, 0.6) is 0 Å². The van der Waals surface area contributed by atoms with E-state index in [0.717, 1.165) is 6.07 Å². The summed E-state index contributed by atoms with van der Waals surface area (Å²) in [6, 6.07) is 7.24. The second kappa shape index (κ2) is 5.61. The van der Waals surface area contributed by atoms with Gasteiger partial charge in [0, 0.05) is 5.02 Å². The number of pyridine rings is 1. The number of anilines is 2. The molecule has 5 nitrogen and oxygen atoms in total. The van der Waals surface area contributed by atoms with Gasteiger partial charge < -0.3 is 5.32 Å². The highest BCUT2D eigenvalue weighted by Crippen LogP contribution is 2.29. The van der Waals surface area contributed by atoms with E-state index in [1.54, 1.807) is 18.2 Å². The van der Waals surface area contributed by atoms with Crippen molar-refractivity contribution in [2.45, 2.75) is 0 Å². The zero-order valence-corrected chi connectivity index (χ0v) is 11.5. The predicted octanol–water partition coefficient (Wildman–Crippen LogP) is 4.69. The minimum Gasteiger partial charge on any atom is -0.339 e. The summed E-state index contributed by atoms with van der Waals surface area (Å²) in [5.41, 5.74) is 0.364. The van der Waals surface area contributed by atoms with Gasteiger partial charge in [-0.1, -0.05) is 34.8 Å². The van der Waals surface area contributed by atoms with Crippen LogP contribution in [0.3, 0.4) is 0 Å². The van der Waals surface area contributed by atoms with Gasteiger partial charge in [0.25, 0.3) is 5.69 Å². The molecule has 1 aromatic carbocycles. The molecule has 98 valence electrons. The van der Waals surface area contributed by atoms with Crippen molar-refractivity contribution in [3.8, 4) is 0 Å². The molecule has 0 spiro atoms. The van der Waals surface area contributed by atoms with Crippen molar-refractivity contribution < 1.29 is 4.92 Å². The molecular weight excluding hydrogens is 312 g/mol. The van der Waals surface area contributed by atoms with E-state index in [1.165, 1.54) is 6.07 Å². The van der Waals surface area contributed by atoms with E-state index in [0.29, 0.717) is 15.7 Å². The smallest absolute Gasteiger partial charge is 0.276 e. The molecule has 0 atom stereocenters. The average Bonchev–Trinajstić information content (AvgIpc) is 2.32. The van der Waals surface area contributed by atoms with Gasteiger partial charge in [0.05, 0.1) is 27.8 Å². The Morgan fingerprint density at radius 3 is 2.53 bits per heavy atom. The minimum atomic E-state index is -0.553. The number of aromatic nitrogens is 1. The van der Waals surface area contributed by atoms with Crippen LogP contribution in [0, 0.1) is 10.1 Å². The Hall–Kier alpha value is -1.56. The van der Waals surface area contributed by atoms with Gasteiger partial charge in [0.1, 0.15) is 11.0 Å². The monoisotopic (exact) mass is 317 g/mol. The molecule has 0 aliphatic rings. The van der Waals surface area contributed by atoms with Crippen LogP contribution < -0.4 is 5.32 Å². The van der Waals surface area contributed by atoms with E-state index < -0.39 is 4.92 Å². The number of nitrogens with one attached hydrogen (secondary N) is 1. The Balaban J connectivity index is 2.35. The van der Waals surface area contributed by atoms with Crippen molar-refractivity contribution in [3.63, 3.8) is 0 Å². The lowest BCUT2D eigenvalue weighted by molar-refractivity contribution is -0.384. The lowest BCUT2D eigenvalue weighted by Crippen LogP contribution is -1.97. The number of halogens is 3. The summed E-state index contributed by atoms with van der Waals surface area (Å²) >= 11 is 17.5. The zero-order valence-electron chi connectivity index (χ0n) is 9.23. The minimum absolute atomic E-state index is 0.0155. The first-order chi connectivity index (χ1) is 8.95. The number of hydrogen-bond donors (Lipinski definition) is 1. The lowest BCUT2D eigenvalue weighted by atomic mass is 10.3. The first-order valence-electron chi connectivity index (χ1n) is 5.00. The second-order valence-corrected chi connectivity index (χ2v) is 4.77. The molecule has 1 N–H and O–H groups in total. The summed E-state index contributed by atoms with van der Waals surface area (Å²) in [5.74, 6) is 0.225. The van der Waals surface area contributed by atoms with Crippen LogP contribution >= 0.6 is 34.8 Å². The molecule has 2 rings (SSSR count). The highest BCUT2D eigenvalue weighted by molar-refractivity contribution is 6.36. The maximum Gasteiger partial charge on any atom is 0.276 e. The van der Waals surface area contributed by atoms with Crippen LogP contribution in [0.25, 0.3) is 0 Å². The SMILES string of the molecule is O=[N+]([O-])c1cc(Cl)nc(Nc2ccc(Cl)cc2Cl)c1. The zero-order chi connectivity index (χ0) is 14.0. The Morgan fingerprint density at radius 2 is 1.89 bits per heavy atom. The van der Waals surface area contributed by atoms with E-state index in [1.807, 2.05) is 0 Å². The van der Waals surface area contributed by atoms with E-state index in [4.69, 9.17) is 34.8 Å². The van der Waals surface area contributed by atoms with Crippen LogP contribution in [0.1, 0.15) is 0 Å². The van der Waals surface area contributed by atoms with Gasteiger partial charge in [-0.05, 0) is 18.2 Å². The highest BCUT2D eigenvalue weighted by Gasteiger charge is 2.11. The van der Waals surface area contributed by atoms with Gasteiger partial charge in [-0.25, -0.2) is 4.98 Å². The molecule has 19 heavy (non-hydrogen) atoms. The first kappa shape index (κ1) is 13.9. The first-order valence-corrected chi connectivity index (χ1v) is 6.13. The van der Waals surface area contributed by atoms with Crippen molar-refractivity contribution in [1.82, 2.24) is 4.98 Å². The summed E-state index contributed by atoms with van der Waals surface area (Å²) in [4.78, 5) is 14.1. The molecule has 0 aliphatic heterocycles. The van der Waals surface area contributed by atoms with Crippen LogP contribution in [0.2, 0.25) is 15.2 Å². The molecule has 0 unspecified atom stereocenters. The molecule has 8 heteroatoms. The second-order valence-electron chi connectivity index (χ2n) is 3.54. The summed E-state index contributed by atoms with van der Waals surface area (Å²) in [6.07, 6.45) is 0. The van der Waals surface area contributed by atoms with Gasteiger partial charge in [0.15, 0.2) is 0 Å². The number of nitrogens with zero attached hydrogens (tertiary/aromatic N) is 2. The Labute approximate surface area is 123 Å². The number of benzene rings is 1. The van der Waals surface area contributed by atoms with E-state index in [-0.39, 0.29) is 16.7 Å². The van der Waals surface area contributed by atoms with Crippen LogP contribution in [-0.4, -0.2) is 9.91 Å². The summed E-state index contributed by atoms with van der Waals surface area (Å²) in [6.45, 7) is 0. The van der Waals surface area contributed by atoms with Gasteiger partial charge in [-0.2, -0.15) is 0 Å². The highest BCUT2D eigenvalue weighted by atomic mass is 35.5. The van der Waals surface area contributed by atoms with E-state index >= 15 is 0 Å². The van der Waals surface area contributed by atoms with Crippen LogP contribution in [0.4, 0.5) is 17.2 Å². The number of rotatable bonds is 3. The van der Waals surface area contributed by atoms with Crippen molar-refractivity contribution in [2.75, 3.05) is 5.32 Å². The van der Waals surface area contributed by atoms with Crippen LogP contribution in [0.15, 0.2) is 30.3 Å².